The Bertz CT molecular complexity index is 388. The average Bonchev–Trinajstić information content (AvgIpc) is 2.50. The fraction of sp³-hybridized carbons (Fsp3) is 0.950. The summed E-state index contributed by atoms with van der Waals surface area (Å²) in [4.78, 5) is 16.8. The lowest BCUT2D eigenvalue weighted by Crippen LogP contribution is -2.66. The number of hydrogen-bond donors (Lipinski definition) is 0. The lowest BCUT2D eigenvalue weighted by Gasteiger charge is -2.59. The highest BCUT2D eigenvalue weighted by molar-refractivity contribution is 5.79. The van der Waals surface area contributed by atoms with Gasteiger partial charge in [-0.2, -0.15) is 0 Å². The average molecular weight is 339 g/mol. The number of carbonyl (C=O) groups is 1. The van der Waals surface area contributed by atoms with E-state index in [2.05, 4.69) is 30.6 Å². The molecule has 0 bridgehead atoms. The minimum absolute atomic E-state index is 0.325. The predicted octanol–water partition coefficient (Wildman–Crippen LogP) is 3.55. The van der Waals surface area contributed by atoms with Crippen LogP contribution in [0.1, 0.15) is 66.7 Å². The molecule has 0 radical (unpaired) electrons. The van der Waals surface area contributed by atoms with Crippen molar-refractivity contribution in [2.45, 2.75) is 78.9 Å². The van der Waals surface area contributed by atoms with Crippen molar-refractivity contribution >= 4 is 5.91 Å². The third kappa shape index (κ3) is 4.72. The second-order valence-corrected chi connectivity index (χ2v) is 8.09. The smallest absolute Gasteiger partial charge is 0.236 e. The van der Waals surface area contributed by atoms with Crippen LogP contribution in [0.2, 0.25) is 0 Å². The van der Waals surface area contributed by atoms with Gasteiger partial charge in [-0.15, -0.1) is 0 Å². The summed E-state index contributed by atoms with van der Waals surface area (Å²) in [6.07, 6.45) is 6.88. The molecule has 2 heterocycles. The molecule has 0 N–H and O–H groups in total. The Hall–Kier alpha value is -0.610. The van der Waals surface area contributed by atoms with E-state index in [0.717, 1.165) is 44.9 Å². The second kappa shape index (κ2) is 8.66. The van der Waals surface area contributed by atoms with Gasteiger partial charge in [0.25, 0.3) is 0 Å². The van der Waals surface area contributed by atoms with Crippen molar-refractivity contribution in [3.8, 4) is 0 Å². The van der Waals surface area contributed by atoms with Gasteiger partial charge in [-0.1, -0.05) is 27.2 Å². The van der Waals surface area contributed by atoms with Gasteiger partial charge in [-0.25, -0.2) is 0 Å². The molecule has 1 spiro atoms. The zero-order valence-electron chi connectivity index (χ0n) is 16.5. The fourth-order valence-electron chi connectivity index (χ4n) is 4.43. The Balaban J connectivity index is 0.00000100. The summed E-state index contributed by atoms with van der Waals surface area (Å²) < 4.78 is 5.84. The van der Waals surface area contributed by atoms with E-state index >= 15 is 0 Å². The first-order valence-corrected chi connectivity index (χ1v) is 10.2. The van der Waals surface area contributed by atoms with Crippen LogP contribution in [0.5, 0.6) is 0 Å². The number of hydrogen-bond acceptors (Lipinski definition) is 3. The van der Waals surface area contributed by atoms with Gasteiger partial charge in [0.1, 0.15) is 0 Å². The summed E-state index contributed by atoms with van der Waals surface area (Å²) in [5, 5.41) is 0. The quantitative estimate of drug-likeness (QED) is 0.768. The van der Waals surface area contributed by atoms with Gasteiger partial charge in [-0.3, -0.25) is 9.69 Å². The Kier molecular flexibility index (Phi) is 7.11. The predicted molar refractivity (Wildman–Crippen MR) is 99.1 cm³/mol. The van der Waals surface area contributed by atoms with Crippen molar-refractivity contribution in [3.63, 3.8) is 0 Å². The van der Waals surface area contributed by atoms with Crippen LogP contribution < -0.4 is 0 Å². The molecule has 0 aromatic carbocycles. The Morgan fingerprint density at radius 2 is 1.75 bits per heavy atom. The first-order chi connectivity index (χ1) is 11.5. The van der Waals surface area contributed by atoms with E-state index in [1.54, 1.807) is 0 Å². The van der Waals surface area contributed by atoms with Gasteiger partial charge in [0.2, 0.25) is 5.91 Å². The fourth-order valence-corrected chi connectivity index (χ4v) is 4.43. The highest BCUT2D eigenvalue weighted by Gasteiger charge is 2.54. The van der Waals surface area contributed by atoms with Crippen LogP contribution in [-0.4, -0.2) is 60.6 Å². The number of nitrogens with zero attached hydrogens (tertiary/aromatic N) is 2. The van der Waals surface area contributed by atoms with Crippen LogP contribution in [0.15, 0.2) is 0 Å². The zero-order valence-corrected chi connectivity index (χ0v) is 16.5. The summed E-state index contributed by atoms with van der Waals surface area (Å²) in [5.41, 5.74) is 0.407. The molecule has 0 unspecified atom stereocenters. The van der Waals surface area contributed by atoms with Crippen molar-refractivity contribution < 1.29 is 9.53 Å². The van der Waals surface area contributed by atoms with Crippen LogP contribution in [0.4, 0.5) is 0 Å². The summed E-state index contributed by atoms with van der Waals surface area (Å²) >= 11 is 0. The van der Waals surface area contributed by atoms with Gasteiger partial charge in [0.05, 0.1) is 18.8 Å². The maximum absolute atomic E-state index is 12.4. The Morgan fingerprint density at radius 1 is 1.17 bits per heavy atom. The molecule has 2 saturated heterocycles. The van der Waals surface area contributed by atoms with Crippen molar-refractivity contribution in [2.24, 2.45) is 11.3 Å². The summed E-state index contributed by atoms with van der Waals surface area (Å²) in [5.74, 6) is 1.22. The first-order valence-electron chi connectivity index (χ1n) is 10.2. The second-order valence-electron chi connectivity index (χ2n) is 8.09. The van der Waals surface area contributed by atoms with Gasteiger partial charge in [0, 0.05) is 18.5 Å². The molecule has 3 rings (SSSR count). The standard InChI is InChI=1S/C18H32N2O2.C2H6/c1-4-15-5-7-19(8-6-15)11-17(21)20-12-18(13-20)9-16(10-18)22-14(2)3;1-2/h14-16H,4-13H2,1-3H3;1-2H3. The largest absolute Gasteiger partial charge is 0.376 e. The SMILES string of the molecule is CC.CCC1CCN(CC(=O)N2CC3(CC(OC(C)C)C3)C2)CC1. The minimum atomic E-state index is 0.325. The molecule has 2 aliphatic heterocycles. The molecular weight excluding hydrogens is 300 g/mol. The van der Waals surface area contributed by atoms with E-state index in [4.69, 9.17) is 4.74 Å². The minimum Gasteiger partial charge on any atom is -0.376 e. The van der Waals surface area contributed by atoms with Crippen LogP contribution in [-0.2, 0) is 9.53 Å². The lowest BCUT2D eigenvalue weighted by molar-refractivity contribution is -0.178. The maximum Gasteiger partial charge on any atom is 0.236 e. The molecule has 1 aliphatic carbocycles. The molecule has 4 nitrogen and oxygen atoms in total. The monoisotopic (exact) mass is 338 g/mol. The van der Waals surface area contributed by atoms with Crippen molar-refractivity contribution in [2.75, 3.05) is 32.7 Å². The van der Waals surface area contributed by atoms with E-state index in [-0.39, 0.29) is 0 Å². The van der Waals surface area contributed by atoms with Crippen LogP contribution in [0.3, 0.4) is 0 Å². The lowest BCUT2D eigenvalue weighted by atomic mass is 9.61. The van der Waals surface area contributed by atoms with Crippen LogP contribution >= 0.6 is 0 Å². The van der Waals surface area contributed by atoms with Gasteiger partial charge < -0.3 is 9.64 Å². The number of ether oxygens (including phenoxy) is 1. The maximum atomic E-state index is 12.4. The van der Waals surface area contributed by atoms with Gasteiger partial charge >= 0.3 is 0 Å². The molecule has 4 heteroatoms. The van der Waals surface area contributed by atoms with E-state index in [9.17, 15) is 4.79 Å². The van der Waals surface area contributed by atoms with Crippen LogP contribution in [0.25, 0.3) is 0 Å². The molecule has 1 amide bonds. The molecular formula is C20H38N2O2. The summed E-state index contributed by atoms with van der Waals surface area (Å²) in [7, 11) is 0. The van der Waals surface area contributed by atoms with E-state index in [1.165, 1.54) is 19.3 Å². The van der Waals surface area contributed by atoms with E-state index < -0.39 is 0 Å². The molecule has 0 atom stereocenters. The topological polar surface area (TPSA) is 32.8 Å². The summed E-state index contributed by atoms with van der Waals surface area (Å²) in [6, 6.07) is 0. The Labute approximate surface area is 148 Å². The molecule has 0 aromatic heterocycles. The first kappa shape index (κ1) is 19.7. The Morgan fingerprint density at radius 3 is 2.25 bits per heavy atom. The van der Waals surface area contributed by atoms with Crippen LogP contribution in [0, 0.1) is 11.3 Å². The van der Waals surface area contributed by atoms with Gasteiger partial charge in [-0.05, 0) is 58.5 Å². The number of carbonyl (C=O) groups excluding carboxylic acids is 1. The van der Waals surface area contributed by atoms with E-state index in [0.29, 0.717) is 30.1 Å². The summed E-state index contributed by atoms with van der Waals surface area (Å²) in [6.45, 7) is 15.3. The van der Waals surface area contributed by atoms with Gasteiger partial charge in [0.15, 0.2) is 0 Å². The molecule has 140 valence electrons. The third-order valence-corrected chi connectivity index (χ3v) is 5.83. The van der Waals surface area contributed by atoms with Crippen molar-refractivity contribution in [3.05, 3.63) is 0 Å². The van der Waals surface area contributed by atoms with E-state index in [1.807, 2.05) is 13.8 Å². The molecule has 0 aromatic rings. The molecule has 3 aliphatic rings. The number of likely N-dealkylation sites (tertiary alicyclic amines) is 2. The third-order valence-electron chi connectivity index (χ3n) is 5.83. The molecule has 24 heavy (non-hydrogen) atoms. The highest BCUT2D eigenvalue weighted by Crippen LogP contribution is 2.49. The van der Waals surface area contributed by atoms with Crippen molar-refractivity contribution in [1.29, 1.82) is 0 Å². The number of rotatable bonds is 5. The highest BCUT2D eigenvalue weighted by atomic mass is 16.5. The molecule has 1 saturated carbocycles. The number of piperidine rings is 1. The number of amides is 1. The van der Waals surface area contributed by atoms with Crippen molar-refractivity contribution in [1.82, 2.24) is 9.80 Å². The normalized spacial score (nSPS) is 24.3. The zero-order chi connectivity index (χ0) is 17.7. The molecule has 3 fully saturated rings.